The maximum atomic E-state index is 12.9. The first-order valence-electron chi connectivity index (χ1n) is 16.2. The van der Waals surface area contributed by atoms with Crippen molar-refractivity contribution in [2.75, 3.05) is 27.5 Å². The molecule has 0 aromatic heterocycles. The maximum Gasteiger partial charge on any atom is 0.474 e. The van der Waals surface area contributed by atoms with Gasteiger partial charge in [0.1, 0.15) is 0 Å². The molecule has 0 heterocycles. The second-order valence-electron chi connectivity index (χ2n) is 14.3. The standard InChI is InChI=1S/C32H58O7P2/c1-10-40(33,35-7)39-30(22(2)3)16-11-23(4)27-14-15-28-26-13-12-24-21-25(38-41(34,36-8)37-9)17-19-31(24,5)29(26)18-20-32(27,28)6/h12,22-23,25-30H,10-11,13-21H2,1-9H3/t23-,25+,26+,27-,28+,29+,30+,31+,32-,40?/m1/s1. The largest absolute Gasteiger partial charge is 0.474 e. The highest BCUT2D eigenvalue weighted by atomic mass is 31.2. The van der Waals surface area contributed by atoms with Crippen LogP contribution in [0.2, 0.25) is 0 Å². The lowest BCUT2D eigenvalue weighted by molar-refractivity contribution is -0.0579. The molecule has 1 unspecified atom stereocenters. The molecule has 0 N–H and O–H groups in total. The van der Waals surface area contributed by atoms with Crippen LogP contribution in [0.4, 0.5) is 0 Å². The maximum absolute atomic E-state index is 12.9. The van der Waals surface area contributed by atoms with Crippen molar-refractivity contribution in [2.45, 2.75) is 118 Å². The van der Waals surface area contributed by atoms with Gasteiger partial charge < -0.3 is 9.05 Å². The molecule has 10 atom stereocenters. The lowest BCUT2D eigenvalue weighted by Crippen LogP contribution is -2.51. The van der Waals surface area contributed by atoms with E-state index >= 15 is 0 Å². The molecule has 0 aromatic rings. The van der Waals surface area contributed by atoms with Crippen molar-refractivity contribution in [1.29, 1.82) is 0 Å². The van der Waals surface area contributed by atoms with E-state index in [1.807, 2.05) is 6.92 Å². The Labute approximate surface area is 250 Å². The number of hydrogen-bond acceptors (Lipinski definition) is 7. The first-order chi connectivity index (χ1) is 19.3. The highest BCUT2D eigenvalue weighted by Crippen LogP contribution is 2.68. The van der Waals surface area contributed by atoms with E-state index in [1.54, 1.807) is 0 Å². The van der Waals surface area contributed by atoms with Crippen LogP contribution in [-0.4, -0.2) is 39.7 Å². The molecule has 0 amide bonds. The number of allylic oxidation sites excluding steroid dienone is 1. The predicted molar refractivity (Wildman–Crippen MR) is 165 cm³/mol. The first-order valence-corrected chi connectivity index (χ1v) is 19.4. The van der Waals surface area contributed by atoms with Gasteiger partial charge in [0, 0.05) is 27.5 Å². The second-order valence-corrected chi connectivity index (χ2v) is 18.6. The number of hydrogen-bond donors (Lipinski definition) is 0. The highest BCUT2D eigenvalue weighted by molar-refractivity contribution is 7.53. The van der Waals surface area contributed by atoms with Crippen molar-refractivity contribution in [3.63, 3.8) is 0 Å². The van der Waals surface area contributed by atoms with E-state index in [-0.39, 0.29) is 17.6 Å². The Hall–Kier alpha value is -0.0000000000000000971. The number of rotatable bonds is 13. The molecule has 0 bridgehead atoms. The van der Waals surface area contributed by atoms with E-state index in [1.165, 1.54) is 52.6 Å². The van der Waals surface area contributed by atoms with Gasteiger partial charge in [-0.3, -0.25) is 18.1 Å². The van der Waals surface area contributed by atoms with Crippen molar-refractivity contribution in [2.24, 2.45) is 46.3 Å². The smallest absolute Gasteiger partial charge is 0.312 e. The van der Waals surface area contributed by atoms with Gasteiger partial charge in [0.15, 0.2) is 0 Å². The molecule has 4 aliphatic rings. The summed E-state index contributed by atoms with van der Waals surface area (Å²) in [6.45, 7) is 13.8. The third-order valence-corrected chi connectivity index (χ3v) is 15.5. The van der Waals surface area contributed by atoms with Crippen LogP contribution >= 0.6 is 15.4 Å². The molecule has 238 valence electrons. The Kier molecular flexibility index (Phi) is 10.9. The molecule has 3 fully saturated rings. The Balaban J connectivity index is 1.42. The summed E-state index contributed by atoms with van der Waals surface area (Å²) in [7, 11) is -2.20. The normalized spacial score (nSPS) is 38.4. The fourth-order valence-corrected chi connectivity index (χ4v) is 11.7. The zero-order valence-electron chi connectivity index (χ0n) is 27.2. The minimum absolute atomic E-state index is 0.0356. The summed E-state index contributed by atoms with van der Waals surface area (Å²) in [6, 6.07) is 0. The van der Waals surface area contributed by atoms with Gasteiger partial charge in [-0.15, -0.1) is 0 Å². The first kappa shape index (κ1) is 33.9. The molecule has 9 heteroatoms. The summed E-state index contributed by atoms with van der Waals surface area (Å²) < 4.78 is 52.9. The Morgan fingerprint density at radius 2 is 1.63 bits per heavy atom. The summed E-state index contributed by atoms with van der Waals surface area (Å²) in [4.78, 5) is 0. The fraction of sp³-hybridized carbons (Fsp3) is 0.938. The minimum Gasteiger partial charge on any atom is -0.312 e. The van der Waals surface area contributed by atoms with Crippen LogP contribution in [0.25, 0.3) is 0 Å². The zero-order valence-corrected chi connectivity index (χ0v) is 29.0. The average Bonchev–Trinajstić information content (AvgIpc) is 3.32. The zero-order chi connectivity index (χ0) is 30.2. The molecular formula is C32H58O7P2. The number of fused-ring (bicyclic) bond motifs is 5. The number of phosphoric ester groups is 1. The van der Waals surface area contributed by atoms with E-state index in [4.69, 9.17) is 22.6 Å². The van der Waals surface area contributed by atoms with Crippen LogP contribution in [0.5, 0.6) is 0 Å². The Morgan fingerprint density at radius 3 is 2.24 bits per heavy atom. The Bertz CT molecular complexity index is 1010. The van der Waals surface area contributed by atoms with Gasteiger partial charge in [0.2, 0.25) is 0 Å². The SMILES string of the molecule is CCP(=O)(OC)O[C@@H](CC[C@@H](C)[C@H]1CC[C@H]2[C@@H]3CC=C4C[C@@H](OP(=O)(OC)OC)CC[C@]4(C)[C@H]3CC[C@]12C)C(C)C. The van der Waals surface area contributed by atoms with Crippen molar-refractivity contribution < 1.29 is 31.7 Å². The second kappa shape index (κ2) is 13.2. The van der Waals surface area contributed by atoms with Gasteiger partial charge >= 0.3 is 15.4 Å². The fourth-order valence-electron chi connectivity index (χ4n) is 9.62. The molecule has 0 spiro atoms. The van der Waals surface area contributed by atoms with Crippen LogP contribution in [0.3, 0.4) is 0 Å². The van der Waals surface area contributed by atoms with Gasteiger partial charge in [0.25, 0.3) is 0 Å². The van der Waals surface area contributed by atoms with Crippen molar-refractivity contribution in [3.05, 3.63) is 11.6 Å². The minimum atomic E-state index is -3.48. The summed E-state index contributed by atoms with van der Waals surface area (Å²) in [5.74, 6) is 3.87. The van der Waals surface area contributed by atoms with Crippen LogP contribution < -0.4 is 0 Å². The summed E-state index contributed by atoms with van der Waals surface area (Å²) in [6.07, 6.45) is 14.0. The summed E-state index contributed by atoms with van der Waals surface area (Å²) in [5.41, 5.74) is 2.08. The molecule has 0 saturated heterocycles. The van der Waals surface area contributed by atoms with E-state index < -0.39 is 15.4 Å². The van der Waals surface area contributed by atoms with Crippen LogP contribution in [0.1, 0.15) is 106 Å². The summed E-state index contributed by atoms with van der Waals surface area (Å²) in [5, 5.41) is 0. The van der Waals surface area contributed by atoms with Crippen LogP contribution in [0, 0.1) is 46.3 Å². The van der Waals surface area contributed by atoms with Crippen molar-refractivity contribution in [3.8, 4) is 0 Å². The number of phosphoric acid groups is 1. The van der Waals surface area contributed by atoms with Gasteiger partial charge in [-0.25, -0.2) is 4.57 Å². The Morgan fingerprint density at radius 1 is 0.927 bits per heavy atom. The van der Waals surface area contributed by atoms with Gasteiger partial charge in [-0.2, -0.15) is 0 Å². The predicted octanol–water partition coefficient (Wildman–Crippen LogP) is 9.67. The molecule has 4 aliphatic carbocycles. The summed E-state index contributed by atoms with van der Waals surface area (Å²) >= 11 is 0. The van der Waals surface area contributed by atoms with Crippen molar-refractivity contribution >= 4 is 15.4 Å². The molecule has 41 heavy (non-hydrogen) atoms. The highest BCUT2D eigenvalue weighted by Gasteiger charge is 2.59. The van der Waals surface area contributed by atoms with E-state index in [0.717, 1.165) is 56.3 Å². The molecular weight excluding hydrogens is 558 g/mol. The molecule has 7 nitrogen and oxygen atoms in total. The van der Waals surface area contributed by atoms with Crippen molar-refractivity contribution in [1.82, 2.24) is 0 Å². The monoisotopic (exact) mass is 616 g/mol. The molecule has 3 saturated carbocycles. The van der Waals surface area contributed by atoms with Crippen LogP contribution in [-0.2, 0) is 31.7 Å². The average molecular weight is 617 g/mol. The van der Waals surface area contributed by atoms with E-state index in [9.17, 15) is 9.13 Å². The lowest BCUT2D eigenvalue weighted by Gasteiger charge is -2.58. The van der Waals surface area contributed by atoms with Gasteiger partial charge in [-0.05, 0) is 111 Å². The molecule has 4 rings (SSSR count). The quantitative estimate of drug-likeness (QED) is 0.151. The molecule has 0 aliphatic heterocycles. The van der Waals surface area contributed by atoms with Gasteiger partial charge in [0.05, 0.1) is 12.2 Å². The third kappa shape index (κ3) is 6.68. The topological polar surface area (TPSA) is 80.3 Å². The third-order valence-electron chi connectivity index (χ3n) is 12.2. The van der Waals surface area contributed by atoms with Gasteiger partial charge in [-0.1, -0.05) is 53.2 Å². The lowest BCUT2D eigenvalue weighted by atomic mass is 9.47. The van der Waals surface area contributed by atoms with E-state index in [2.05, 4.69) is 40.7 Å². The van der Waals surface area contributed by atoms with Crippen LogP contribution in [0.15, 0.2) is 11.6 Å². The molecule has 0 radical (unpaired) electrons. The molecule has 0 aromatic carbocycles. The van der Waals surface area contributed by atoms with E-state index in [0.29, 0.717) is 29.3 Å².